The Labute approximate surface area is 77.1 Å². The third kappa shape index (κ3) is 1.17. The minimum Gasteiger partial charge on any atom is -0.394 e. The molecule has 0 amide bonds. The summed E-state index contributed by atoms with van der Waals surface area (Å²) in [7, 11) is 0. The van der Waals surface area contributed by atoms with Crippen molar-refractivity contribution < 1.29 is 20.1 Å². The average molecular weight is 186 g/mol. The van der Waals surface area contributed by atoms with Crippen LogP contribution in [0.5, 0.6) is 0 Å². The summed E-state index contributed by atoms with van der Waals surface area (Å²) < 4.78 is 5.14. The molecular weight excluding hydrogens is 172 g/mol. The molecule has 0 aromatic carbocycles. The van der Waals surface area contributed by atoms with Crippen LogP contribution in [0, 0.1) is 12.3 Å². The average Bonchev–Trinajstić information content (AvgIpc) is 2.26. The maximum Gasteiger partial charge on any atom is 0.184 e. The molecule has 1 rings (SSSR count). The Bertz CT molecular complexity index is 242. The number of rotatable bonds is 1. The van der Waals surface area contributed by atoms with Gasteiger partial charge in [-0.2, -0.15) is 0 Å². The lowest BCUT2D eigenvalue weighted by atomic mass is 9.80. The normalized spacial score (nSPS) is 50.5. The first-order chi connectivity index (χ1) is 5.90. The van der Waals surface area contributed by atoms with E-state index < -0.39 is 30.0 Å². The molecule has 0 radical (unpaired) electrons. The van der Waals surface area contributed by atoms with Crippen LogP contribution in [-0.4, -0.2) is 45.3 Å². The molecule has 4 nitrogen and oxygen atoms in total. The summed E-state index contributed by atoms with van der Waals surface area (Å²) in [6.07, 6.45) is 3.59. The molecule has 1 aliphatic heterocycles. The van der Waals surface area contributed by atoms with Crippen molar-refractivity contribution in [2.24, 2.45) is 0 Å². The van der Waals surface area contributed by atoms with Crippen molar-refractivity contribution in [3.05, 3.63) is 0 Å². The zero-order valence-corrected chi connectivity index (χ0v) is 7.69. The Morgan fingerprint density at radius 3 is 2.38 bits per heavy atom. The van der Waals surface area contributed by atoms with E-state index in [9.17, 15) is 10.2 Å². The zero-order chi connectivity index (χ0) is 10.3. The number of hydrogen-bond donors (Lipinski definition) is 3. The van der Waals surface area contributed by atoms with Crippen LogP contribution in [0.25, 0.3) is 0 Å². The number of aliphatic hydroxyl groups is 3. The fourth-order valence-electron chi connectivity index (χ4n) is 1.53. The van der Waals surface area contributed by atoms with Gasteiger partial charge in [-0.3, -0.25) is 0 Å². The van der Waals surface area contributed by atoms with Gasteiger partial charge in [0, 0.05) is 0 Å². The number of aliphatic hydroxyl groups excluding tert-OH is 1. The van der Waals surface area contributed by atoms with Gasteiger partial charge in [-0.1, -0.05) is 5.92 Å². The highest BCUT2D eigenvalue weighted by molar-refractivity contribution is 5.25. The van der Waals surface area contributed by atoms with Crippen molar-refractivity contribution in [1.29, 1.82) is 0 Å². The molecule has 13 heavy (non-hydrogen) atoms. The first kappa shape index (κ1) is 10.5. The predicted molar refractivity (Wildman–Crippen MR) is 45.8 cm³/mol. The van der Waals surface area contributed by atoms with Crippen molar-refractivity contribution in [3.8, 4) is 12.3 Å². The predicted octanol–water partition coefficient (Wildman–Crippen LogP) is -1.12. The van der Waals surface area contributed by atoms with Crippen molar-refractivity contribution in [1.82, 2.24) is 0 Å². The highest BCUT2D eigenvalue weighted by atomic mass is 16.6. The van der Waals surface area contributed by atoms with Crippen LogP contribution in [0.2, 0.25) is 0 Å². The summed E-state index contributed by atoms with van der Waals surface area (Å²) in [5.41, 5.74) is -3.35. The van der Waals surface area contributed by atoms with Gasteiger partial charge in [-0.15, -0.1) is 6.42 Å². The van der Waals surface area contributed by atoms with Gasteiger partial charge in [-0.05, 0) is 13.8 Å². The standard InChI is InChI=1S/C9H14O4/c1-4-9(12)7(5-10)13-6(2)8(9,3)11/h1,6-7,10-12H,5H2,2-3H3/t6-,7+,8-,9+/m0/s1. The molecule has 74 valence electrons. The van der Waals surface area contributed by atoms with Crippen LogP contribution < -0.4 is 0 Å². The van der Waals surface area contributed by atoms with Gasteiger partial charge in [0.2, 0.25) is 0 Å². The summed E-state index contributed by atoms with van der Waals surface area (Å²) in [5, 5.41) is 28.6. The molecule has 1 fully saturated rings. The molecule has 4 atom stereocenters. The molecule has 0 unspecified atom stereocenters. The number of ether oxygens (including phenoxy) is 1. The summed E-state index contributed by atoms with van der Waals surface area (Å²) in [4.78, 5) is 0. The Balaban J connectivity index is 3.08. The monoisotopic (exact) mass is 186 g/mol. The molecule has 0 saturated carbocycles. The van der Waals surface area contributed by atoms with Gasteiger partial charge in [0.25, 0.3) is 0 Å². The minimum absolute atomic E-state index is 0.415. The van der Waals surface area contributed by atoms with Crippen molar-refractivity contribution in [3.63, 3.8) is 0 Å². The van der Waals surface area contributed by atoms with Crippen LogP contribution in [0.1, 0.15) is 13.8 Å². The summed E-state index contributed by atoms with van der Waals surface area (Å²) in [6, 6.07) is 0. The maximum atomic E-state index is 9.89. The zero-order valence-electron chi connectivity index (χ0n) is 7.69. The third-order valence-electron chi connectivity index (χ3n) is 2.78. The lowest BCUT2D eigenvalue weighted by Gasteiger charge is -2.32. The van der Waals surface area contributed by atoms with E-state index in [0.717, 1.165) is 0 Å². The Kier molecular flexibility index (Phi) is 2.39. The highest BCUT2D eigenvalue weighted by Gasteiger charge is 2.60. The Morgan fingerprint density at radius 2 is 2.08 bits per heavy atom. The van der Waals surface area contributed by atoms with Crippen LogP contribution in [0.4, 0.5) is 0 Å². The maximum absolute atomic E-state index is 9.89. The Hall–Kier alpha value is -0.600. The van der Waals surface area contributed by atoms with E-state index in [1.54, 1.807) is 6.92 Å². The summed E-state index contributed by atoms with van der Waals surface area (Å²) in [6.45, 7) is 2.58. The first-order valence-electron chi connectivity index (χ1n) is 4.09. The fourth-order valence-corrected chi connectivity index (χ4v) is 1.53. The lowest BCUT2D eigenvalue weighted by molar-refractivity contribution is -0.0984. The topological polar surface area (TPSA) is 69.9 Å². The fraction of sp³-hybridized carbons (Fsp3) is 0.778. The van der Waals surface area contributed by atoms with Crippen LogP contribution in [-0.2, 0) is 4.74 Å². The molecule has 1 heterocycles. The first-order valence-corrected chi connectivity index (χ1v) is 4.09. The summed E-state index contributed by atoms with van der Waals surface area (Å²) in [5.74, 6) is 2.08. The van der Waals surface area contributed by atoms with E-state index >= 15 is 0 Å². The Morgan fingerprint density at radius 1 is 1.54 bits per heavy atom. The van der Waals surface area contributed by atoms with Crippen molar-refractivity contribution >= 4 is 0 Å². The van der Waals surface area contributed by atoms with E-state index in [1.807, 2.05) is 0 Å². The smallest absolute Gasteiger partial charge is 0.184 e. The van der Waals surface area contributed by atoms with Crippen molar-refractivity contribution in [2.75, 3.05) is 6.61 Å². The van der Waals surface area contributed by atoms with E-state index in [-0.39, 0.29) is 0 Å². The van der Waals surface area contributed by atoms with Gasteiger partial charge in [0.15, 0.2) is 5.60 Å². The van der Waals surface area contributed by atoms with Crippen LogP contribution in [0.15, 0.2) is 0 Å². The molecule has 1 saturated heterocycles. The second-order valence-electron chi connectivity index (χ2n) is 3.51. The molecule has 3 N–H and O–H groups in total. The number of terminal acetylenes is 1. The molecule has 0 aromatic rings. The third-order valence-corrected chi connectivity index (χ3v) is 2.78. The quantitative estimate of drug-likeness (QED) is 0.454. The molecule has 1 aliphatic rings. The highest BCUT2D eigenvalue weighted by Crippen LogP contribution is 2.38. The van der Waals surface area contributed by atoms with E-state index in [1.165, 1.54) is 6.92 Å². The second-order valence-corrected chi connectivity index (χ2v) is 3.51. The number of hydrogen-bond acceptors (Lipinski definition) is 4. The van der Waals surface area contributed by atoms with Crippen molar-refractivity contribution in [2.45, 2.75) is 37.3 Å². The molecule has 0 aliphatic carbocycles. The SMILES string of the molecule is C#C[C@@]1(O)[C@@H](CO)O[C@@H](C)[C@]1(C)O. The minimum atomic E-state index is -1.82. The van der Waals surface area contributed by atoms with E-state index in [4.69, 9.17) is 16.3 Å². The van der Waals surface area contributed by atoms with Gasteiger partial charge in [0.05, 0.1) is 12.7 Å². The molecule has 0 spiro atoms. The second kappa shape index (κ2) is 2.96. The molecular formula is C9H14O4. The van der Waals surface area contributed by atoms with E-state index in [0.29, 0.717) is 0 Å². The van der Waals surface area contributed by atoms with Gasteiger partial charge >= 0.3 is 0 Å². The van der Waals surface area contributed by atoms with Crippen LogP contribution in [0.3, 0.4) is 0 Å². The largest absolute Gasteiger partial charge is 0.394 e. The molecule has 4 heteroatoms. The van der Waals surface area contributed by atoms with Gasteiger partial charge in [0.1, 0.15) is 11.7 Å². The van der Waals surface area contributed by atoms with E-state index in [2.05, 4.69) is 5.92 Å². The molecule has 0 bridgehead atoms. The lowest BCUT2D eigenvalue weighted by Crippen LogP contribution is -2.56. The summed E-state index contributed by atoms with van der Waals surface area (Å²) >= 11 is 0. The van der Waals surface area contributed by atoms with Gasteiger partial charge in [-0.25, -0.2) is 0 Å². The van der Waals surface area contributed by atoms with Gasteiger partial charge < -0.3 is 20.1 Å². The molecule has 0 aromatic heterocycles. The van der Waals surface area contributed by atoms with Crippen LogP contribution >= 0.6 is 0 Å².